The van der Waals surface area contributed by atoms with E-state index in [1.165, 1.54) is 11.3 Å². The molecular weight excluding hydrogens is 314 g/mol. The number of aliphatic hydroxyl groups excluding tert-OH is 1. The molecule has 0 aromatic carbocycles. The van der Waals surface area contributed by atoms with Crippen LogP contribution in [0.2, 0.25) is 0 Å². The third-order valence-corrected chi connectivity index (χ3v) is 4.82. The highest BCUT2D eigenvalue weighted by Crippen LogP contribution is 2.27. The molecule has 1 aliphatic heterocycles. The van der Waals surface area contributed by atoms with Crippen molar-refractivity contribution in [3.05, 3.63) is 29.5 Å². The van der Waals surface area contributed by atoms with Crippen molar-refractivity contribution >= 4 is 22.4 Å². The summed E-state index contributed by atoms with van der Waals surface area (Å²) in [5.74, 6) is -0.0530. The summed E-state index contributed by atoms with van der Waals surface area (Å²) in [6.45, 7) is 1.22. The van der Waals surface area contributed by atoms with Gasteiger partial charge in [0, 0.05) is 36.4 Å². The van der Waals surface area contributed by atoms with Crippen LogP contribution in [0, 0.1) is 0 Å². The first kappa shape index (κ1) is 16.1. The van der Waals surface area contributed by atoms with E-state index >= 15 is 0 Å². The lowest BCUT2D eigenvalue weighted by molar-refractivity contribution is -0.117. The number of amides is 1. The van der Waals surface area contributed by atoms with Crippen molar-refractivity contribution in [2.45, 2.75) is 31.4 Å². The third-order valence-electron chi connectivity index (χ3n) is 4.13. The maximum Gasteiger partial charge on any atom is 0.240 e. The number of aromatic nitrogens is 3. The molecule has 124 valence electrons. The first-order chi connectivity index (χ1) is 11.1. The van der Waals surface area contributed by atoms with Crippen molar-refractivity contribution in [2.24, 2.45) is 7.05 Å². The van der Waals surface area contributed by atoms with Gasteiger partial charge in [0.25, 0.3) is 0 Å². The van der Waals surface area contributed by atoms with Gasteiger partial charge in [-0.2, -0.15) is 5.10 Å². The number of aliphatic hydroxyl groups is 1. The molecule has 23 heavy (non-hydrogen) atoms. The summed E-state index contributed by atoms with van der Waals surface area (Å²) >= 11 is 1.41. The zero-order valence-corrected chi connectivity index (χ0v) is 13.9. The third kappa shape index (κ3) is 4.15. The molecule has 0 aliphatic carbocycles. The summed E-state index contributed by atoms with van der Waals surface area (Å²) in [5, 5.41) is 19.7. The molecule has 3 heterocycles. The molecule has 0 bridgehead atoms. The normalized spacial score (nSPS) is 19.8. The van der Waals surface area contributed by atoms with Gasteiger partial charge in [-0.1, -0.05) is 0 Å². The second kappa shape index (κ2) is 7.20. The maximum absolute atomic E-state index is 12.1. The number of carbonyl (C=O) groups is 1. The highest BCUT2D eigenvalue weighted by atomic mass is 32.1. The smallest absolute Gasteiger partial charge is 0.240 e. The number of hydrogen-bond acceptors (Lipinski definition) is 6. The molecule has 0 spiro atoms. The summed E-state index contributed by atoms with van der Waals surface area (Å²) in [5.41, 5.74) is 0.826. The molecule has 1 fully saturated rings. The quantitative estimate of drug-likeness (QED) is 0.834. The van der Waals surface area contributed by atoms with Crippen molar-refractivity contribution in [3.63, 3.8) is 0 Å². The molecule has 1 amide bonds. The number of rotatable bonds is 6. The Morgan fingerprint density at radius 3 is 3.17 bits per heavy atom. The molecular formula is C15H21N5O2S. The minimum absolute atomic E-state index is 0.0530. The van der Waals surface area contributed by atoms with Gasteiger partial charge in [-0.15, -0.1) is 11.3 Å². The summed E-state index contributed by atoms with van der Waals surface area (Å²) in [6.07, 6.45) is 7.32. The van der Waals surface area contributed by atoms with Crippen molar-refractivity contribution in [1.29, 1.82) is 0 Å². The van der Waals surface area contributed by atoms with Crippen molar-refractivity contribution in [3.8, 4) is 0 Å². The first-order valence-corrected chi connectivity index (χ1v) is 8.60. The van der Waals surface area contributed by atoms with Gasteiger partial charge >= 0.3 is 0 Å². The van der Waals surface area contributed by atoms with Crippen LogP contribution < -0.4 is 5.32 Å². The fraction of sp³-hybridized carbons (Fsp3) is 0.533. The van der Waals surface area contributed by atoms with Gasteiger partial charge in [0.1, 0.15) is 0 Å². The Kier molecular flexibility index (Phi) is 5.04. The van der Waals surface area contributed by atoms with E-state index in [-0.39, 0.29) is 11.9 Å². The molecule has 3 rings (SSSR count). The number of likely N-dealkylation sites (tertiary alicyclic amines) is 1. The Bertz CT molecular complexity index is 642. The Labute approximate surface area is 138 Å². The molecule has 2 aromatic rings. The predicted molar refractivity (Wildman–Crippen MR) is 88.1 cm³/mol. The molecule has 2 N–H and O–H groups in total. The lowest BCUT2D eigenvalue weighted by Gasteiger charge is -2.25. The van der Waals surface area contributed by atoms with Crippen LogP contribution in [0.25, 0.3) is 0 Å². The van der Waals surface area contributed by atoms with Crippen molar-refractivity contribution < 1.29 is 9.90 Å². The minimum atomic E-state index is -0.545. The van der Waals surface area contributed by atoms with E-state index in [0.29, 0.717) is 18.1 Å². The van der Waals surface area contributed by atoms with Gasteiger partial charge in [-0.3, -0.25) is 14.4 Å². The Hall–Kier alpha value is -1.77. The number of nitrogens with zero attached hydrogens (tertiary/aromatic N) is 4. The number of carbonyl (C=O) groups excluding carboxylic acids is 1. The topological polar surface area (TPSA) is 83.3 Å². The molecule has 1 aliphatic rings. The summed E-state index contributed by atoms with van der Waals surface area (Å²) in [6, 6.07) is 0.215. The molecule has 0 saturated carbocycles. The average molecular weight is 335 g/mol. The Morgan fingerprint density at radius 1 is 1.61 bits per heavy atom. The fourth-order valence-electron chi connectivity index (χ4n) is 3.00. The van der Waals surface area contributed by atoms with Gasteiger partial charge in [-0.05, 0) is 25.8 Å². The lowest BCUT2D eigenvalue weighted by atomic mass is 10.0. The highest BCUT2D eigenvalue weighted by Gasteiger charge is 2.29. The van der Waals surface area contributed by atoms with E-state index in [1.54, 1.807) is 17.1 Å². The van der Waals surface area contributed by atoms with Crippen molar-refractivity contribution in [2.75, 3.05) is 18.4 Å². The fourth-order valence-corrected chi connectivity index (χ4v) is 3.55. The SMILES string of the molecule is Cn1cc(C(O)CC2CCCN2CC(=O)Nc2nccs2)cn1. The molecule has 7 nitrogen and oxygen atoms in total. The Morgan fingerprint density at radius 2 is 2.48 bits per heavy atom. The van der Waals surface area contributed by atoms with Crippen molar-refractivity contribution in [1.82, 2.24) is 19.7 Å². The monoisotopic (exact) mass is 335 g/mol. The number of thiazole rings is 1. The van der Waals surface area contributed by atoms with Gasteiger partial charge in [0.15, 0.2) is 5.13 Å². The van der Waals surface area contributed by atoms with Crippen LogP contribution in [-0.4, -0.2) is 49.8 Å². The van der Waals surface area contributed by atoms with Crippen LogP contribution in [0.4, 0.5) is 5.13 Å². The minimum Gasteiger partial charge on any atom is -0.388 e. The average Bonchev–Trinajstić information content (AvgIpc) is 3.23. The number of aryl methyl sites for hydroxylation is 1. The summed E-state index contributed by atoms with van der Waals surface area (Å²) < 4.78 is 1.69. The number of anilines is 1. The molecule has 1 saturated heterocycles. The van der Waals surface area contributed by atoms with Gasteiger partial charge in [0.05, 0.1) is 18.8 Å². The van der Waals surface area contributed by atoms with E-state index in [2.05, 4.69) is 20.3 Å². The lowest BCUT2D eigenvalue weighted by Crippen LogP contribution is -2.37. The first-order valence-electron chi connectivity index (χ1n) is 7.72. The molecule has 8 heteroatoms. The van der Waals surface area contributed by atoms with Crippen LogP contribution in [0.3, 0.4) is 0 Å². The van der Waals surface area contributed by atoms with E-state index in [9.17, 15) is 9.90 Å². The predicted octanol–water partition coefficient (Wildman–Crippen LogP) is 1.40. The Balaban J connectivity index is 1.54. The van der Waals surface area contributed by atoms with Crippen LogP contribution in [0.1, 0.15) is 30.9 Å². The zero-order valence-electron chi connectivity index (χ0n) is 13.1. The zero-order chi connectivity index (χ0) is 16.2. The van der Waals surface area contributed by atoms with Gasteiger partial charge in [0.2, 0.25) is 5.91 Å². The van der Waals surface area contributed by atoms with E-state index in [4.69, 9.17) is 0 Å². The van der Waals surface area contributed by atoms with Gasteiger partial charge in [-0.25, -0.2) is 4.98 Å². The van der Waals surface area contributed by atoms with E-state index in [1.807, 2.05) is 18.6 Å². The highest BCUT2D eigenvalue weighted by molar-refractivity contribution is 7.13. The molecule has 2 atom stereocenters. The second-order valence-corrected chi connectivity index (χ2v) is 6.75. The summed E-state index contributed by atoms with van der Waals surface area (Å²) in [7, 11) is 1.83. The van der Waals surface area contributed by atoms with E-state index in [0.717, 1.165) is 24.9 Å². The van der Waals surface area contributed by atoms with E-state index < -0.39 is 6.10 Å². The van der Waals surface area contributed by atoms with Crippen LogP contribution >= 0.6 is 11.3 Å². The van der Waals surface area contributed by atoms with Gasteiger partial charge < -0.3 is 10.4 Å². The molecule has 2 aromatic heterocycles. The maximum atomic E-state index is 12.1. The molecule has 2 unspecified atom stereocenters. The van der Waals surface area contributed by atoms with Crippen LogP contribution in [0.15, 0.2) is 24.0 Å². The largest absolute Gasteiger partial charge is 0.388 e. The number of hydrogen-bond donors (Lipinski definition) is 2. The van der Waals surface area contributed by atoms with Crippen LogP contribution in [-0.2, 0) is 11.8 Å². The van der Waals surface area contributed by atoms with Crippen LogP contribution in [0.5, 0.6) is 0 Å². The number of nitrogens with one attached hydrogen (secondary N) is 1. The summed E-state index contributed by atoms with van der Waals surface area (Å²) in [4.78, 5) is 18.3. The second-order valence-electron chi connectivity index (χ2n) is 5.85. The standard InChI is InChI=1S/C15H21N5O2S/c1-19-9-11(8-17-19)13(21)7-12-3-2-5-20(12)10-14(22)18-15-16-4-6-23-15/h4,6,8-9,12-13,21H,2-3,5,7,10H2,1H3,(H,16,18,22). The molecule has 0 radical (unpaired) electrons.